The fraction of sp³-hybridized carbons (Fsp3) is 0.400. The Morgan fingerprint density at radius 1 is 1.16 bits per heavy atom. The molecule has 0 bridgehead atoms. The molecule has 0 atom stereocenters. The highest BCUT2D eigenvalue weighted by Gasteiger charge is 2.15. The van der Waals surface area contributed by atoms with Crippen molar-refractivity contribution in [1.29, 1.82) is 0 Å². The molecule has 0 radical (unpaired) electrons. The quantitative estimate of drug-likeness (QED) is 0.915. The van der Waals surface area contributed by atoms with Crippen LogP contribution in [0.4, 0.5) is 5.69 Å². The molecule has 0 unspecified atom stereocenters. The average Bonchev–Trinajstić information content (AvgIpc) is 2.65. The maximum absolute atomic E-state index is 12.3. The number of nitrogens with two attached hydrogens (primary N) is 1. The summed E-state index contributed by atoms with van der Waals surface area (Å²) in [6.45, 7) is 7.44. The van der Waals surface area contributed by atoms with E-state index >= 15 is 0 Å². The van der Waals surface area contributed by atoms with Gasteiger partial charge in [0.15, 0.2) is 0 Å². The minimum Gasteiger partial charge on any atom is -0.393 e. The lowest BCUT2D eigenvalue weighted by Crippen LogP contribution is -2.24. The van der Waals surface area contributed by atoms with Crippen LogP contribution in [0.2, 0.25) is 0 Å². The van der Waals surface area contributed by atoms with Crippen molar-refractivity contribution in [3.8, 4) is 0 Å². The first-order valence-electron chi connectivity index (χ1n) is 6.72. The second kappa shape index (κ2) is 5.34. The molecule has 4 heteroatoms. The van der Waals surface area contributed by atoms with Crippen LogP contribution < -0.4 is 11.3 Å². The molecule has 0 spiro atoms. The van der Waals surface area contributed by atoms with Gasteiger partial charge in [0, 0.05) is 6.54 Å². The van der Waals surface area contributed by atoms with E-state index in [1.54, 1.807) is 4.68 Å². The molecule has 4 nitrogen and oxygen atoms in total. The second-order valence-electron chi connectivity index (χ2n) is 4.72. The number of aromatic nitrogens is 2. The lowest BCUT2D eigenvalue weighted by molar-refractivity contribution is 0.473. The Kier molecular flexibility index (Phi) is 3.79. The molecule has 1 heterocycles. The molecule has 0 saturated carbocycles. The van der Waals surface area contributed by atoms with Crippen molar-refractivity contribution < 1.29 is 0 Å². The van der Waals surface area contributed by atoms with Crippen molar-refractivity contribution in [3.05, 3.63) is 51.4 Å². The van der Waals surface area contributed by atoms with Gasteiger partial charge in [-0.2, -0.15) is 0 Å². The van der Waals surface area contributed by atoms with Crippen LogP contribution in [-0.2, 0) is 19.5 Å². The first-order chi connectivity index (χ1) is 9.10. The van der Waals surface area contributed by atoms with Crippen molar-refractivity contribution in [2.45, 2.75) is 40.3 Å². The molecule has 0 aliphatic heterocycles. The predicted molar refractivity (Wildman–Crippen MR) is 78.4 cm³/mol. The summed E-state index contributed by atoms with van der Waals surface area (Å²) in [6.07, 6.45) is 0.773. The zero-order valence-electron chi connectivity index (χ0n) is 11.8. The SMILES string of the molecule is CCc1c(N)c(=O)n(Cc2ccccc2C)n1CC. The summed E-state index contributed by atoms with van der Waals surface area (Å²) >= 11 is 0. The van der Waals surface area contributed by atoms with Gasteiger partial charge >= 0.3 is 0 Å². The Morgan fingerprint density at radius 2 is 1.84 bits per heavy atom. The molecule has 0 saturated heterocycles. The minimum absolute atomic E-state index is 0.0815. The molecule has 2 aromatic rings. The van der Waals surface area contributed by atoms with Crippen molar-refractivity contribution >= 4 is 5.69 Å². The summed E-state index contributed by atoms with van der Waals surface area (Å²) in [5.41, 5.74) is 9.51. The number of hydrogen-bond acceptors (Lipinski definition) is 2. The topological polar surface area (TPSA) is 53.0 Å². The summed E-state index contributed by atoms with van der Waals surface area (Å²) in [6, 6.07) is 8.11. The summed E-state index contributed by atoms with van der Waals surface area (Å²) in [5.74, 6) is 0. The van der Waals surface area contributed by atoms with E-state index in [1.807, 2.05) is 30.7 Å². The first kappa shape index (κ1) is 13.5. The van der Waals surface area contributed by atoms with Crippen LogP contribution in [0.1, 0.15) is 30.7 Å². The molecule has 1 aromatic heterocycles. The van der Waals surface area contributed by atoms with Crippen molar-refractivity contribution in [3.63, 3.8) is 0 Å². The van der Waals surface area contributed by atoms with Gasteiger partial charge in [-0.25, -0.2) is 4.68 Å². The van der Waals surface area contributed by atoms with E-state index in [4.69, 9.17) is 5.73 Å². The van der Waals surface area contributed by atoms with Crippen LogP contribution in [0.15, 0.2) is 29.1 Å². The molecule has 2 N–H and O–H groups in total. The minimum atomic E-state index is -0.0815. The highest BCUT2D eigenvalue weighted by molar-refractivity contribution is 5.42. The molecule has 0 aliphatic rings. The monoisotopic (exact) mass is 259 g/mol. The Balaban J connectivity index is 2.52. The Morgan fingerprint density at radius 3 is 2.42 bits per heavy atom. The number of nitrogen functional groups attached to an aromatic ring is 1. The van der Waals surface area contributed by atoms with Crippen LogP contribution in [0.3, 0.4) is 0 Å². The van der Waals surface area contributed by atoms with Crippen molar-refractivity contribution in [1.82, 2.24) is 9.36 Å². The second-order valence-corrected chi connectivity index (χ2v) is 4.72. The van der Waals surface area contributed by atoms with Crippen molar-refractivity contribution in [2.75, 3.05) is 5.73 Å². The zero-order chi connectivity index (χ0) is 14.0. The van der Waals surface area contributed by atoms with Crippen molar-refractivity contribution in [2.24, 2.45) is 0 Å². The fourth-order valence-electron chi connectivity index (χ4n) is 2.50. The number of hydrogen-bond donors (Lipinski definition) is 1. The van der Waals surface area contributed by atoms with Gasteiger partial charge < -0.3 is 5.73 Å². The smallest absolute Gasteiger partial charge is 0.290 e. The number of aryl methyl sites for hydroxylation is 1. The highest BCUT2D eigenvalue weighted by Crippen LogP contribution is 2.13. The van der Waals surface area contributed by atoms with Crippen LogP contribution in [-0.4, -0.2) is 9.36 Å². The standard InChI is InChI=1S/C15H21N3O/c1-4-13-14(16)15(19)18(17(13)5-2)10-12-9-7-6-8-11(12)3/h6-9H,4-5,10,16H2,1-3H3. The summed E-state index contributed by atoms with van der Waals surface area (Å²) in [4.78, 5) is 12.3. The number of anilines is 1. The van der Waals surface area contributed by atoms with E-state index in [0.717, 1.165) is 24.2 Å². The fourth-order valence-corrected chi connectivity index (χ4v) is 2.50. The first-order valence-corrected chi connectivity index (χ1v) is 6.72. The van der Waals surface area contributed by atoms with E-state index in [0.29, 0.717) is 12.2 Å². The highest BCUT2D eigenvalue weighted by atomic mass is 16.1. The van der Waals surface area contributed by atoms with E-state index in [1.165, 1.54) is 5.56 Å². The summed E-state index contributed by atoms with van der Waals surface area (Å²) < 4.78 is 3.74. The molecule has 0 fully saturated rings. The largest absolute Gasteiger partial charge is 0.393 e. The molecule has 19 heavy (non-hydrogen) atoms. The Labute approximate surface area is 113 Å². The van der Waals surface area contributed by atoms with Gasteiger partial charge in [-0.15, -0.1) is 0 Å². The number of benzene rings is 1. The Hall–Kier alpha value is -1.97. The normalized spacial score (nSPS) is 10.9. The third-order valence-corrected chi connectivity index (χ3v) is 3.59. The van der Waals surface area contributed by atoms with Crippen LogP contribution in [0.5, 0.6) is 0 Å². The third-order valence-electron chi connectivity index (χ3n) is 3.59. The average molecular weight is 259 g/mol. The van der Waals surface area contributed by atoms with Crippen LogP contribution >= 0.6 is 0 Å². The molecule has 0 amide bonds. The summed E-state index contributed by atoms with van der Waals surface area (Å²) in [7, 11) is 0. The van der Waals surface area contributed by atoms with Gasteiger partial charge in [0.2, 0.25) is 0 Å². The molecule has 2 rings (SSSR count). The lowest BCUT2D eigenvalue weighted by atomic mass is 10.1. The van der Waals surface area contributed by atoms with Gasteiger partial charge in [0.1, 0.15) is 5.69 Å². The zero-order valence-corrected chi connectivity index (χ0v) is 11.8. The predicted octanol–water partition coefficient (Wildman–Crippen LogP) is 2.17. The van der Waals surface area contributed by atoms with E-state index < -0.39 is 0 Å². The number of nitrogens with zero attached hydrogens (tertiary/aromatic N) is 2. The molecule has 1 aromatic carbocycles. The molecular weight excluding hydrogens is 238 g/mol. The van der Waals surface area contributed by atoms with Gasteiger partial charge in [-0.1, -0.05) is 31.2 Å². The van der Waals surface area contributed by atoms with Gasteiger partial charge in [0.05, 0.1) is 12.2 Å². The van der Waals surface area contributed by atoms with E-state index in [-0.39, 0.29) is 5.56 Å². The molecular formula is C15H21N3O. The maximum Gasteiger partial charge on any atom is 0.290 e. The van der Waals surface area contributed by atoms with Gasteiger partial charge in [-0.3, -0.25) is 9.48 Å². The molecule has 0 aliphatic carbocycles. The van der Waals surface area contributed by atoms with Gasteiger partial charge in [0.25, 0.3) is 5.56 Å². The van der Waals surface area contributed by atoms with Crippen LogP contribution in [0, 0.1) is 6.92 Å². The molecule has 102 valence electrons. The number of rotatable bonds is 4. The Bertz CT molecular complexity index is 637. The summed E-state index contributed by atoms with van der Waals surface area (Å²) in [5, 5.41) is 0. The lowest BCUT2D eigenvalue weighted by Gasteiger charge is -2.13. The third kappa shape index (κ3) is 2.30. The van der Waals surface area contributed by atoms with E-state index in [9.17, 15) is 4.79 Å². The van der Waals surface area contributed by atoms with E-state index in [2.05, 4.69) is 19.1 Å². The van der Waals surface area contributed by atoms with Gasteiger partial charge in [-0.05, 0) is 31.4 Å². The van der Waals surface area contributed by atoms with Crippen LogP contribution in [0.25, 0.3) is 0 Å². The maximum atomic E-state index is 12.3.